The van der Waals surface area contributed by atoms with E-state index < -0.39 is 8.07 Å². The van der Waals surface area contributed by atoms with Crippen LogP contribution in [0.1, 0.15) is 5.56 Å². The number of imidazole rings is 1. The lowest BCUT2D eigenvalue weighted by molar-refractivity contribution is 0.965. The molecular weight excluding hydrogens is 226 g/mol. The molecule has 4 heteroatoms. The molecule has 0 radical (unpaired) electrons. The summed E-state index contributed by atoms with van der Waals surface area (Å²) in [5.41, 5.74) is 12.1. The van der Waals surface area contributed by atoms with Crippen LogP contribution in [-0.4, -0.2) is 17.6 Å². The summed E-state index contributed by atoms with van der Waals surface area (Å²) in [4.78, 5) is 4.30. The molecular formula is C13H17N3Si. The first kappa shape index (κ1) is 11.7. The Kier molecular flexibility index (Phi) is 2.72. The molecule has 2 N–H and O–H groups in total. The number of benzene rings is 1. The van der Waals surface area contributed by atoms with Crippen molar-refractivity contribution < 1.29 is 0 Å². The highest BCUT2D eigenvalue weighted by Crippen LogP contribution is 2.17. The van der Waals surface area contributed by atoms with Crippen molar-refractivity contribution >= 4 is 25.1 Å². The Morgan fingerprint density at radius 1 is 1.29 bits per heavy atom. The highest BCUT2D eigenvalue weighted by Gasteiger charge is 2.08. The number of nitrogen functional groups attached to an aromatic ring is 1. The van der Waals surface area contributed by atoms with E-state index in [1.807, 2.05) is 29.8 Å². The monoisotopic (exact) mass is 243 g/mol. The lowest BCUT2D eigenvalue weighted by Gasteiger charge is -2.03. The molecule has 0 saturated heterocycles. The van der Waals surface area contributed by atoms with Crippen LogP contribution in [0.4, 0.5) is 5.95 Å². The molecule has 3 nitrogen and oxygen atoms in total. The van der Waals surface area contributed by atoms with Crippen LogP contribution in [0.2, 0.25) is 19.6 Å². The molecule has 2 aromatic rings. The third-order valence-corrected chi connectivity index (χ3v) is 3.37. The summed E-state index contributed by atoms with van der Waals surface area (Å²) in [6.07, 6.45) is 0. The zero-order valence-electron chi connectivity index (χ0n) is 10.7. The van der Waals surface area contributed by atoms with Gasteiger partial charge in [0.25, 0.3) is 0 Å². The Balaban J connectivity index is 2.48. The third-order valence-electron chi connectivity index (χ3n) is 2.50. The van der Waals surface area contributed by atoms with E-state index in [1.54, 1.807) is 0 Å². The minimum Gasteiger partial charge on any atom is -0.369 e. The maximum absolute atomic E-state index is 5.77. The molecule has 1 heterocycles. The second kappa shape index (κ2) is 3.93. The van der Waals surface area contributed by atoms with Gasteiger partial charge < -0.3 is 10.3 Å². The van der Waals surface area contributed by atoms with Gasteiger partial charge in [-0.25, -0.2) is 4.98 Å². The Labute approximate surface area is 103 Å². The number of hydrogen-bond acceptors (Lipinski definition) is 2. The molecule has 0 fully saturated rings. The van der Waals surface area contributed by atoms with Gasteiger partial charge in [0.15, 0.2) is 0 Å². The molecule has 0 saturated carbocycles. The van der Waals surface area contributed by atoms with Gasteiger partial charge in [0, 0.05) is 12.6 Å². The van der Waals surface area contributed by atoms with Crippen LogP contribution in [0, 0.1) is 11.5 Å². The summed E-state index contributed by atoms with van der Waals surface area (Å²) in [6.45, 7) is 6.70. The summed E-state index contributed by atoms with van der Waals surface area (Å²) < 4.78 is 1.88. The Hall–Kier alpha value is -1.73. The minimum atomic E-state index is -1.32. The number of fused-ring (bicyclic) bond motifs is 1. The van der Waals surface area contributed by atoms with Crippen LogP contribution >= 0.6 is 0 Å². The highest BCUT2D eigenvalue weighted by atomic mass is 28.3. The second-order valence-electron chi connectivity index (χ2n) is 5.23. The predicted molar refractivity (Wildman–Crippen MR) is 75.4 cm³/mol. The van der Waals surface area contributed by atoms with Gasteiger partial charge >= 0.3 is 0 Å². The lowest BCUT2D eigenvalue weighted by atomic mass is 10.2. The Morgan fingerprint density at radius 3 is 2.65 bits per heavy atom. The van der Waals surface area contributed by atoms with Gasteiger partial charge in [0.05, 0.1) is 11.0 Å². The fourth-order valence-electron chi connectivity index (χ4n) is 1.56. The van der Waals surface area contributed by atoms with E-state index >= 15 is 0 Å². The molecule has 0 atom stereocenters. The van der Waals surface area contributed by atoms with Gasteiger partial charge in [0.1, 0.15) is 8.07 Å². The molecule has 2 rings (SSSR count). The van der Waals surface area contributed by atoms with Gasteiger partial charge in [-0.1, -0.05) is 25.6 Å². The average molecular weight is 243 g/mol. The summed E-state index contributed by atoms with van der Waals surface area (Å²) in [5, 5.41) is 0. The maximum Gasteiger partial charge on any atom is 0.200 e. The van der Waals surface area contributed by atoms with E-state index in [9.17, 15) is 0 Å². The van der Waals surface area contributed by atoms with E-state index in [-0.39, 0.29) is 0 Å². The van der Waals surface area contributed by atoms with Crippen molar-refractivity contribution in [3.8, 4) is 11.5 Å². The number of aryl methyl sites for hydroxylation is 1. The molecule has 0 aliphatic carbocycles. The quantitative estimate of drug-likeness (QED) is 0.570. The third kappa shape index (κ3) is 2.51. The first-order valence-electron chi connectivity index (χ1n) is 5.62. The van der Waals surface area contributed by atoms with Crippen LogP contribution in [0.15, 0.2) is 18.2 Å². The van der Waals surface area contributed by atoms with Gasteiger partial charge in [-0.3, -0.25) is 0 Å². The van der Waals surface area contributed by atoms with E-state index in [0.717, 1.165) is 16.6 Å². The van der Waals surface area contributed by atoms with Gasteiger partial charge in [-0.2, -0.15) is 0 Å². The molecule has 0 aliphatic rings. The fraction of sp³-hybridized carbons (Fsp3) is 0.308. The molecule has 0 bridgehead atoms. The van der Waals surface area contributed by atoms with Crippen LogP contribution in [0.25, 0.3) is 11.0 Å². The fourth-order valence-corrected chi connectivity index (χ4v) is 2.08. The summed E-state index contributed by atoms with van der Waals surface area (Å²) in [7, 11) is 0.590. The number of nitrogens with zero attached hydrogens (tertiary/aromatic N) is 2. The smallest absolute Gasteiger partial charge is 0.200 e. The number of nitrogens with two attached hydrogens (primary N) is 1. The van der Waals surface area contributed by atoms with Crippen molar-refractivity contribution in [3.05, 3.63) is 23.8 Å². The van der Waals surface area contributed by atoms with Crippen molar-refractivity contribution in [1.29, 1.82) is 0 Å². The van der Waals surface area contributed by atoms with E-state index in [4.69, 9.17) is 5.73 Å². The molecule has 0 spiro atoms. The number of hydrogen-bond donors (Lipinski definition) is 1. The highest BCUT2D eigenvalue weighted by molar-refractivity contribution is 6.83. The molecule has 1 aromatic heterocycles. The number of anilines is 1. The van der Waals surface area contributed by atoms with Crippen LogP contribution < -0.4 is 5.73 Å². The van der Waals surface area contributed by atoms with Crippen molar-refractivity contribution in [2.24, 2.45) is 7.05 Å². The standard InChI is InChI=1S/C13H17N3Si/c1-16-12-6-5-10(7-8-17(2,3)4)9-11(12)15-13(16)14/h5-6,9H,1-4H3,(H2,14,15). The lowest BCUT2D eigenvalue weighted by Crippen LogP contribution is -2.16. The normalized spacial score (nSPS) is 11.3. The van der Waals surface area contributed by atoms with Crippen LogP contribution in [-0.2, 0) is 7.05 Å². The molecule has 17 heavy (non-hydrogen) atoms. The first-order chi connectivity index (χ1) is 7.87. The maximum atomic E-state index is 5.77. The molecule has 88 valence electrons. The SMILES string of the molecule is Cn1c(N)nc2cc(C#C[Si](C)(C)C)ccc21. The van der Waals surface area contributed by atoms with E-state index in [1.165, 1.54) is 0 Å². The van der Waals surface area contributed by atoms with Gasteiger partial charge in [-0.05, 0) is 18.2 Å². The topological polar surface area (TPSA) is 43.8 Å². The van der Waals surface area contributed by atoms with Gasteiger partial charge in [-0.15, -0.1) is 5.54 Å². The molecule has 0 unspecified atom stereocenters. The zero-order valence-corrected chi connectivity index (χ0v) is 11.7. The van der Waals surface area contributed by atoms with E-state index in [2.05, 4.69) is 36.1 Å². The first-order valence-corrected chi connectivity index (χ1v) is 9.12. The van der Waals surface area contributed by atoms with E-state index in [0.29, 0.717) is 5.95 Å². The predicted octanol–water partition coefficient (Wildman–Crippen LogP) is 2.38. The summed E-state index contributed by atoms with van der Waals surface area (Å²) >= 11 is 0. The zero-order chi connectivity index (χ0) is 12.6. The number of rotatable bonds is 0. The molecule has 0 amide bonds. The second-order valence-corrected chi connectivity index (χ2v) is 9.98. The van der Waals surface area contributed by atoms with Crippen LogP contribution in [0.3, 0.4) is 0 Å². The van der Waals surface area contributed by atoms with Crippen molar-refractivity contribution in [3.63, 3.8) is 0 Å². The minimum absolute atomic E-state index is 0.537. The van der Waals surface area contributed by atoms with Gasteiger partial charge in [0.2, 0.25) is 5.95 Å². The van der Waals surface area contributed by atoms with Crippen molar-refractivity contribution in [2.75, 3.05) is 5.73 Å². The van der Waals surface area contributed by atoms with Crippen molar-refractivity contribution in [1.82, 2.24) is 9.55 Å². The Morgan fingerprint density at radius 2 is 2.00 bits per heavy atom. The largest absolute Gasteiger partial charge is 0.369 e. The summed E-state index contributed by atoms with van der Waals surface area (Å²) in [6, 6.07) is 6.04. The molecule has 0 aliphatic heterocycles. The average Bonchev–Trinajstić information content (AvgIpc) is 2.51. The van der Waals surface area contributed by atoms with Crippen molar-refractivity contribution in [2.45, 2.75) is 19.6 Å². The summed E-state index contributed by atoms with van der Waals surface area (Å²) in [5.74, 6) is 3.76. The van der Waals surface area contributed by atoms with Crippen LogP contribution in [0.5, 0.6) is 0 Å². The Bertz CT molecular complexity index is 624. The molecule has 1 aromatic carbocycles. The number of aromatic nitrogens is 2.